The molecule has 2 fully saturated rings. The Kier molecular flexibility index (Phi) is 10.3. The number of amides is 1. The molecule has 8 heteroatoms. The van der Waals surface area contributed by atoms with E-state index in [1.54, 1.807) is 11.1 Å². The quantitative estimate of drug-likeness (QED) is 0.166. The fourth-order valence-corrected chi connectivity index (χ4v) is 4.99. The van der Waals surface area contributed by atoms with Gasteiger partial charge < -0.3 is 16.0 Å². The van der Waals surface area contributed by atoms with Crippen LogP contribution in [0.15, 0.2) is 47.7 Å². The lowest BCUT2D eigenvalue weighted by Crippen LogP contribution is -2.50. The third-order valence-electron chi connectivity index (χ3n) is 7.17. The SMILES string of the molecule is C=C/C=C(/CC)C(=O)NC[C@@H]1CC[C@H](N2CCN(c3ccc(C(N)N(C)/N=C/CC)nc3)CC2)C1. The molecule has 2 aliphatic rings. The van der Waals surface area contributed by atoms with Gasteiger partial charge in [0.25, 0.3) is 0 Å². The van der Waals surface area contributed by atoms with E-state index in [2.05, 4.69) is 37.8 Å². The summed E-state index contributed by atoms with van der Waals surface area (Å²) in [6.45, 7) is 12.6. The van der Waals surface area contributed by atoms with Crippen molar-refractivity contribution in [1.29, 1.82) is 0 Å². The normalized spacial score (nSPS) is 22.4. The lowest BCUT2D eigenvalue weighted by atomic mass is 10.1. The molecule has 1 aromatic rings. The van der Waals surface area contributed by atoms with Crippen LogP contribution in [0, 0.1) is 5.92 Å². The molecule has 35 heavy (non-hydrogen) atoms. The molecule has 1 aromatic heterocycles. The summed E-state index contributed by atoms with van der Waals surface area (Å²) in [4.78, 5) is 22.0. The molecular weight excluding hydrogens is 438 g/mol. The topological polar surface area (TPSA) is 90.1 Å². The maximum absolute atomic E-state index is 12.3. The van der Waals surface area contributed by atoms with Crippen LogP contribution >= 0.6 is 0 Å². The van der Waals surface area contributed by atoms with Crippen molar-refractivity contribution >= 4 is 17.8 Å². The van der Waals surface area contributed by atoms with Crippen LogP contribution in [0.5, 0.6) is 0 Å². The highest BCUT2D eigenvalue weighted by Crippen LogP contribution is 2.30. The fourth-order valence-electron chi connectivity index (χ4n) is 4.99. The summed E-state index contributed by atoms with van der Waals surface area (Å²) in [5.74, 6) is 0.606. The lowest BCUT2D eigenvalue weighted by molar-refractivity contribution is -0.117. The van der Waals surface area contributed by atoms with Gasteiger partial charge in [-0.25, -0.2) is 0 Å². The Morgan fingerprint density at radius 2 is 2.09 bits per heavy atom. The number of carbonyl (C=O) groups excluding carboxylic acids is 1. The molecule has 0 bridgehead atoms. The van der Waals surface area contributed by atoms with Gasteiger partial charge in [0, 0.05) is 57.6 Å². The van der Waals surface area contributed by atoms with Gasteiger partial charge in [-0.1, -0.05) is 32.6 Å². The van der Waals surface area contributed by atoms with Crippen molar-refractivity contribution in [2.45, 2.75) is 58.2 Å². The summed E-state index contributed by atoms with van der Waals surface area (Å²) < 4.78 is 0. The van der Waals surface area contributed by atoms with E-state index in [9.17, 15) is 4.79 Å². The number of nitrogens with one attached hydrogen (secondary N) is 1. The van der Waals surface area contributed by atoms with Crippen LogP contribution in [0.2, 0.25) is 0 Å². The number of hydrogen-bond donors (Lipinski definition) is 2. The van der Waals surface area contributed by atoms with E-state index < -0.39 is 0 Å². The van der Waals surface area contributed by atoms with Crippen LogP contribution in [0.3, 0.4) is 0 Å². The Balaban J connectivity index is 1.44. The highest BCUT2D eigenvalue weighted by Gasteiger charge is 2.31. The highest BCUT2D eigenvalue weighted by atomic mass is 16.1. The predicted molar refractivity (Wildman–Crippen MR) is 144 cm³/mol. The van der Waals surface area contributed by atoms with E-state index in [0.29, 0.717) is 12.0 Å². The number of nitrogens with two attached hydrogens (primary N) is 1. The van der Waals surface area contributed by atoms with Gasteiger partial charge in [-0.15, -0.1) is 0 Å². The van der Waals surface area contributed by atoms with Crippen LogP contribution in [-0.4, -0.2) is 72.8 Å². The van der Waals surface area contributed by atoms with E-state index in [1.165, 1.54) is 12.8 Å². The Bertz CT molecular complexity index is 874. The Morgan fingerprint density at radius 1 is 1.31 bits per heavy atom. The van der Waals surface area contributed by atoms with Crippen molar-refractivity contribution in [3.8, 4) is 0 Å². The average molecular weight is 482 g/mol. The summed E-state index contributed by atoms with van der Waals surface area (Å²) >= 11 is 0. The maximum Gasteiger partial charge on any atom is 0.247 e. The van der Waals surface area contributed by atoms with Crippen molar-refractivity contribution in [3.63, 3.8) is 0 Å². The molecular formula is C27H43N7O. The monoisotopic (exact) mass is 481 g/mol. The minimum atomic E-state index is -0.352. The van der Waals surface area contributed by atoms with Gasteiger partial charge in [0.15, 0.2) is 0 Å². The fraction of sp³-hybridized carbons (Fsp3) is 0.593. The van der Waals surface area contributed by atoms with Gasteiger partial charge in [-0.05, 0) is 50.2 Å². The second-order valence-corrected chi connectivity index (χ2v) is 9.51. The van der Waals surface area contributed by atoms with E-state index >= 15 is 0 Å². The molecule has 192 valence electrons. The first kappa shape index (κ1) is 26.9. The smallest absolute Gasteiger partial charge is 0.247 e. The van der Waals surface area contributed by atoms with Crippen molar-refractivity contribution in [2.75, 3.05) is 44.7 Å². The zero-order valence-electron chi connectivity index (χ0n) is 21.7. The summed E-state index contributed by atoms with van der Waals surface area (Å²) in [5.41, 5.74) is 9.04. The molecule has 3 N–H and O–H groups in total. The number of hydrazone groups is 1. The molecule has 0 radical (unpaired) electrons. The van der Waals surface area contributed by atoms with Gasteiger partial charge in [-0.2, -0.15) is 5.10 Å². The van der Waals surface area contributed by atoms with Crippen molar-refractivity contribution in [3.05, 3.63) is 48.3 Å². The number of anilines is 1. The first-order valence-corrected chi connectivity index (χ1v) is 13.0. The van der Waals surface area contributed by atoms with E-state index in [4.69, 9.17) is 5.73 Å². The number of aromatic nitrogens is 1. The van der Waals surface area contributed by atoms with Crippen LogP contribution < -0.4 is 16.0 Å². The molecule has 0 spiro atoms. The predicted octanol–water partition coefficient (Wildman–Crippen LogP) is 3.30. The van der Waals surface area contributed by atoms with Gasteiger partial charge >= 0.3 is 0 Å². The molecule has 2 heterocycles. The number of allylic oxidation sites excluding steroid dienone is 2. The third-order valence-corrected chi connectivity index (χ3v) is 7.17. The second-order valence-electron chi connectivity index (χ2n) is 9.51. The molecule has 3 rings (SSSR count). The minimum Gasteiger partial charge on any atom is -0.368 e. The Morgan fingerprint density at radius 3 is 2.71 bits per heavy atom. The first-order valence-electron chi connectivity index (χ1n) is 13.0. The number of pyridine rings is 1. The standard InChI is InChI=1S/C27H43N7O/c1-5-8-22(7-3)27(35)30-19-21-9-10-23(18-21)33-14-16-34(17-15-33)24-11-12-25(29-20-24)26(28)32(4)31-13-6-2/h5,8,11-13,20-21,23,26H,1,6-7,9-10,14-19,28H2,2-4H3,(H,30,35)/b22-8-,31-13+/t21-,23+,26?/m1/s1. The Labute approximate surface area is 210 Å². The zero-order chi connectivity index (χ0) is 25.2. The second kappa shape index (κ2) is 13.4. The van der Waals surface area contributed by atoms with Crippen molar-refractivity contribution < 1.29 is 4.79 Å². The van der Waals surface area contributed by atoms with Crippen LogP contribution in [-0.2, 0) is 4.79 Å². The largest absolute Gasteiger partial charge is 0.368 e. The number of rotatable bonds is 11. The number of hydrogen-bond acceptors (Lipinski definition) is 7. The molecule has 1 amide bonds. The average Bonchev–Trinajstić information content (AvgIpc) is 3.38. The van der Waals surface area contributed by atoms with E-state index in [-0.39, 0.29) is 12.1 Å². The summed E-state index contributed by atoms with van der Waals surface area (Å²) in [6, 6.07) is 4.75. The number of carbonyl (C=O) groups is 1. The first-order chi connectivity index (χ1) is 17.0. The molecule has 3 atom stereocenters. The lowest BCUT2D eigenvalue weighted by Gasteiger charge is -2.39. The minimum absolute atomic E-state index is 0.0466. The summed E-state index contributed by atoms with van der Waals surface area (Å²) in [5, 5.41) is 9.20. The highest BCUT2D eigenvalue weighted by molar-refractivity contribution is 5.93. The van der Waals surface area contributed by atoms with Crippen LogP contribution in [0.25, 0.3) is 0 Å². The van der Waals surface area contributed by atoms with Crippen molar-refractivity contribution in [2.24, 2.45) is 16.8 Å². The van der Waals surface area contributed by atoms with E-state index in [1.807, 2.05) is 45.4 Å². The molecule has 1 unspecified atom stereocenters. The van der Waals surface area contributed by atoms with E-state index in [0.717, 1.165) is 68.9 Å². The zero-order valence-corrected chi connectivity index (χ0v) is 21.7. The van der Waals surface area contributed by atoms with Crippen LogP contribution in [0.4, 0.5) is 5.69 Å². The molecule has 0 aromatic carbocycles. The Hall–Kier alpha value is -2.71. The van der Waals surface area contributed by atoms with Gasteiger partial charge in [-0.3, -0.25) is 19.7 Å². The molecule has 8 nitrogen and oxygen atoms in total. The molecule has 1 aliphatic heterocycles. The van der Waals surface area contributed by atoms with Crippen molar-refractivity contribution in [1.82, 2.24) is 20.2 Å². The number of piperazine rings is 1. The maximum atomic E-state index is 12.3. The molecule has 1 saturated heterocycles. The van der Waals surface area contributed by atoms with Gasteiger partial charge in [0.2, 0.25) is 5.91 Å². The number of nitrogens with zero attached hydrogens (tertiary/aromatic N) is 5. The van der Waals surface area contributed by atoms with Gasteiger partial charge in [0.05, 0.1) is 17.6 Å². The molecule has 1 saturated carbocycles. The third kappa shape index (κ3) is 7.39. The van der Waals surface area contributed by atoms with Gasteiger partial charge in [0.1, 0.15) is 6.17 Å². The van der Waals surface area contributed by atoms with Crippen LogP contribution in [0.1, 0.15) is 57.8 Å². The molecule has 1 aliphatic carbocycles. The summed E-state index contributed by atoms with van der Waals surface area (Å²) in [6.07, 6.45) is 12.1. The summed E-state index contributed by atoms with van der Waals surface area (Å²) in [7, 11) is 1.87.